The summed E-state index contributed by atoms with van der Waals surface area (Å²) in [5, 5.41) is 3.48. The van der Waals surface area contributed by atoms with Gasteiger partial charge in [0.1, 0.15) is 0 Å². The molecule has 2 nitrogen and oxygen atoms in total. The number of benzene rings is 2. The third kappa shape index (κ3) is 2.84. The zero-order valence-corrected chi connectivity index (χ0v) is 12.5. The van der Waals surface area contributed by atoms with Gasteiger partial charge in [0.15, 0.2) is 0 Å². The van der Waals surface area contributed by atoms with Crippen molar-refractivity contribution in [3.63, 3.8) is 0 Å². The van der Waals surface area contributed by atoms with Crippen LogP contribution < -0.4 is 5.32 Å². The largest absolute Gasteiger partial charge is 0.381 e. The van der Waals surface area contributed by atoms with Crippen molar-refractivity contribution < 1.29 is 0 Å². The average Bonchev–Trinajstić information content (AvgIpc) is 2.81. The molecule has 0 saturated carbocycles. The molecule has 1 aromatic heterocycles. The summed E-state index contributed by atoms with van der Waals surface area (Å²) in [5.41, 5.74) is 6.27. The lowest BCUT2D eigenvalue weighted by atomic mass is 10.2. The van der Waals surface area contributed by atoms with Crippen LogP contribution >= 0.6 is 0 Å². The summed E-state index contributed by atoms with van der Waals surface area (Å²) in [6, 6.07) is 23.1. The van der Waals surface area contributed by atoms with Crippen LogP contribution in [0.4, 0.5) is 5.69 Å². The van der Waals surface area contributed by atoms with E-state index in [2.05, 4.69) is 84.4 Å². The number of hydrogen-bond acceptors (Lipinski definition) is 1. The van der Waals surface area contributed by atoms with Gasteiger partial charge in [-0.05, 0) is 49.7 Å². The molecule has 0 aliphatic heterocycles. The molecule has 0 radical (unpaired) electrons. The molecule has 0 fully saturated rings. The number of rotatable bonds is 4. The smallest absolute Gasteiger partial charge is 0.0455 e. The number of aryl methyl sites for hydroxylation is 1. The molecule has 0 bridgehead atoms. The van der Waals surface area contributed by atoms with E-state index in [1.165, 1.54) is 22.6 Å². The van der Waals surface area contributed by atoms with Crippen LogP contribution in [-0.4, -0.2) is 4.57 Å². The first-order valence-electron chi connectivity index (χ1n) is 7.28. The zero-order valence-electron chi connectivity index (χ0n) is 12.5. The van der Waals surface area contributed by atoms with Crippen LogP contribution in [0.5, 0.6) is 0 Å². The standard InChI is InChI=1S/C19H20N2/c1-15-13-17(14-20-18-9-5-3-6-10-18)16(2)21(15)19-11-7-4-8-12-19/h3-13,20H,14H2,1-2H3. The fraction of sp³-hybridized carbons (Fsp3) is 0.158. The van der Waals surface area contributed by atoms with E-state index in [1.807, 2.05) is 6.07 Å². The van der Waals surface area contributed by atoms with E-state index in [0.717, 1.165) is 12.2 Å². The average molecular weight is 276 g/mol. The quantitative estimate of drug-likeness (QED) is 0.730. The highest BCUT2D eigenvalue weighted by atomic mass is 15.0. The first-order chi connectivity index (χ1) is 10.3. The molecule has 0 spiro atoms. The normalized spacial score (nSPS) is 10.6. The fourth-order valence-corrected chi connectivity index (χ4v) is 2.74. The van der Waals surface area contributed by atoms with Crippen molar-refractivity contribution in [2.75, 3.05) is 5.32 Å². The number of anilines is 1. The Morgan fingerprint density at radius 2 is 1.48 bits per heavy atom. The van der Waals surface area contributed by atoms with E-state index < -0.39 is 0 Å². The summed E-state index contributed by atoms with van der Waals surface area (Å²) in [7, 11) is 0. The summed E-state index contributed by atoms with van der Waals surface area (Å²) >= 11 is 0. The van der Waals surface area contributed by atoms with Gasteiger partial charge in [0.2, 0.25) is 0 Å². The first-order valence-corrected chi connectivity index (χ1v) is 7.28. The summed E-state index contributed by atoms with van der Waals surface area (Å²) in [4.78, 5) is 0. The Balaban J connectivity index is 1.85. The van der Waals surface area contributed by atoms with E-state index in [1.54, 1.807) is 0 Å². The predicted octanol–water partition coefficient (Wildman–Crippen LogP) is 4.71. The van der Waals surface area contributed by atoms with Crippen molar-refractivity contribution in [1.82, 2.24) is 4.57 Å². The molecule has 0 aliphatic rings. The first kappa shape index (κ1) is 13.5. The maximum absolute atomic E-state index is 3.48. The molecule has 2 heteroatoms. The van der Waals surface area contributed by atoms with Crippen molar-refractivity contribution in [2.45, 2.75) is 20.4 Å². The van der Waals surface area contributed by atoms with Gasteiger partial charge >= 0.3 is 0 Å². The van der Waals surface area contributed by atoms with E-state index in [4.69, 9.17) is 0 Å². The van der Waals surface area contributed by atoms with E-state index >= 15 is 0 Å². The van der Waals surface area contributed by atoms with Crippen LogP contribution in [0.1, 0.15) is 17.0 Å². The van der Waals surface area contributed by atoms with Gasteiger partial charge < -0.3 is 9.88 Å². The van der Waals surface area contributed by atoms with Crippen LogP contribution in [0, 0.1) is 13.8 Å². The van der Waals surface area contributed by atoms with Crippen molar-refractivity contribution in [2.24, 2.45) is 0 Å². The van der Waals surface area contributed by atoms with Crippen molar-refractivity contribution in [1.29, 1.82) is 0 Å². The van der Waals surface area contributed by atoms with E-state index in [-0.39, 0.29) is 0 Å². The van der Waals surface area contributed by atoms with Crippen LogP contribution in [0.25, 0.3) is 5.69 Å². The molecule has 2 aromatic carbocycles. The van der Waals surface area contributed by atoms with Crippen molar-refractivity contribution in [3.8, 4) is 5.69 Å². The molecular formula is C19H20N2. The topological polar surface area (TPSA) is 17.0 Å². The molecule has 1 N–H and O–H groups in total. The molecule has 3 rings (SSSR count). The molecule has 21 heavy (non-hydrogen) atoms. The Hall–Kier alpha value is -2.48. The number of hydrogen-bond donors (Lipinski definition) is 1. The minimum absolute atomic E-state index is 0.844. The molecule has 0 saturated heterocycles. The maximum atomic E-state index is 3.48. The van der Waals surface area contributed by atoms with Gasteiger partial charge in [-0.25, -0.2) is 0 Å². The van der Waals surface area contributed by atoms with E-state index in [0.29, 0.717) is 0 Å². The number of aromatic nitrogens is 1. The monoisotopic (exact) mass is 276 g/mol. The summed E-state index contributed by atoms with van der Waals surface area (Å²) in [6.07, 6.45) is 0. The molecule has 0 amide bonds. The van der Waals surface area contributed by atoms with E-state index in [9.17, 15) is 0 Å². The second-order valence-corrected chi connectivity index (χ2v) is 5.29. The third-order valence-electron chi connectivity index (χ3n) is 3.81. The highest BCUT2D eigenvalue weighted by Crippen LogP contribution is 2.21. The minimum atomic E-state index is 0.844. The Kier molecular flexibility index (Phi) is 3.78. The number of nitrogens with zero attached hydrogens (tertiary/aromatic N) is 1. The number of nitrogens with one attached hydrogen (secondary N) is 1. The zero-order chi connectivity index (χ0) is 14.7. The van der Waals surface area contributed by atoms with Crippen LogP contribution in [0.15, 0.2) is 66.7 Å². The van der Waals surface area contributed by atoms with Gasteiger partial charge in [0.05, 0.1) is 0 Å². The Morgan fingerprint density at radius 3 is 2.14 bits per heavy atom. The SMILES string of the molecule is Cc1cc(CNc2ccccc2)c(C)n1-c1ccccc1. The van der Waals surface area contributed by atoms with Gasteiger partial charge in [-0.3, -0.25) is 0 Å². The van der Waals surface area contributed by atoms with Gasteiger partial charge in [-0.1, -0.05) is 36.4 Å². The molecule has 1 heterocycles. The van der Waals surface area contributed by atoms with Gasteiger partial charge in [0.25, 0.3) is 0 Å². The Morgan fingerprint density at radius 1 is 0.857 bits per heavy atom. The Bertz CT molecular complexity index is 712. The van der Waals surface area contributed by atoms with Crippen molar-refractivity contribution >= 4 is 5.69 Å². The highest BCUT2D eigenvalue weighted by molar-refractivity contribution is 5.46. The van der Waals surface area contributed by atoms with Crippen LogP contribution in [0.2, 0.25) is 0 Å². The van der Waals surface area contributed by atoms with Crippen molar-refractivity contribution in [3.05, 3.63) is 83.7 Å². The summed E-state index contributed by atoms with van der Waals surface area (Å²) < 4.78 is 2.31. The maximum Gasteiger partial charge on any atom is 0.0455 e. The molecule has 0 unspecified atom stereocenters. The lowest BCUT2D eigenvalue weighted by Gasteiger charge is -2.10. The summed E-state index contributed by atoms with van der Waals surface area (Å²) in [6.45, 7) is 5.19. The predicted molar refractivity (Wildman–Crippen MR) is 89.0 cm³/mol. The van der Waals surface area contributed by atoms with Crippen LogP contribution in [-0.2, 0) is 6.54 Å². The third-order valence-corrected chi connectivity index (χ3v) is 3.81. The fourth-order valence-electron chi connectivity index (χ4n) is 2.74. The van der Waals surface area contributed by atoms with Crippen LogP contribution in [0.3, 0.4) is 0 Å². The lowest BCUT2D eigenvalue weighted by Crippen LogP contribution is -2.02. The molecular weight excluding hydrogens is 256 g/mol. The second kappa shape index (κ2) is 5.88. The van der Waals surface area contributed by atoms with Gasteiger partial charge in [-0.2, -0.15) is 0 Å². The summed E-state index contributed by atoms with van der Waals surface area (Å²) in [5.74, 6) is 0. The second-order valence-electron chi connectivity index (χ2n) is 5.29. The highest BCUT2D eigenvalue weighted by Gasteiger charge is 2.10. The number of para-hydroxylation sites is 2. The van der Waals surface area contributed by atoms with Gasteiger partial charge in [0, 0.05) is 29.3 Å². The minimum Gasteiger partial charge on any atom is -0.381 e. The Labute approximate surface area is 126 Å². The molecule has 0 atom stereocenters. The molecule has 106 valence electrons. The molecule has 0 aliphatic carbocycles. The lowest BCUT2D eigenvalue weighted by molar-refractivity contribution is 0.951. The molecule has 3 aromatic rings. The van der Waals surface area contributed by atoms with Gasteiger partial charge in [-0.15, -0.1) is 0 Å².